The van der Waals surface area contributed by atoms with Crippen molar-refractivity contribution in [3.63, 3.8) is 0 Å². The van der Waals surface area contributed by atoms with E-state index in [1.165, 1.54) is 23.5 Å². The van der Waals surface area contributed by atoms with Crippen LogP contribution in [0.15, 0.2) is 40.0 Å². The van der Waals surface area contributed by atoms with Crippen LogP contribution in [0.25, 0.3) is 0 Å². The van der Waals surface area contributed by atoms with Gasteiger partial charge < -0.3 is 15.2 Å². The second-order valence-electron chi connectivity index (χ2n) is 10.7. The molecule has 0 amide bonds. The number of nitrogens with one attached hydrogen (secondary N) is 1. The monoisotopic (exact) mass is 606 g/mol. The summed E-state index contributed by atoms with van der Waals surface area (Å²) in [6.45, 7) is 4.88. The fraction of sp³-hybridized carbons (Fsp3) is 0.536. The third-order valence-corrected chi connectivity index (χ3v) is 8.87. The number of aromatic nitrogens is 2. The van der Waals surface area contributed by atoms with Crippen LogP contribution in [0, 0.1) is 18.8 Å². The number of nitrogens with zero attached hydrogens (tertiary/aromatic N) is 5. The average molecular weight is 607 g/mol. The quantitative estimate of drug-likeness (QED) is 0.310. The molecule has 3 aliphatic heterocycles. The van der Waals surface area contributed by atoms with Gasteiger partial charge in [0, 0.05) is 54.2 Å². The zero-order valence-corrected chi connectivity index (χ0v) is 24.3. The van der Waals surface area contributed by atoms with Crippen molar-refractivity contribution in [2.24, 2.45) is 10.9 Å². The van der Waals surface area contributed by atoms with E-state index >= 15 is 8.78 Å². The van der Waals surface area contributed by atoms with Gasteiger partial charge in [-0.2, -0.15) is 4.39 Å². The van der Waals surface area contributed by atoms with Crippen LogP contribution in [-0.4, -0.2) is 93.4 Å². The number of alkyl halides is 2. The van der Waals surface area contributed by atoms with Crippen molar-refractivity contribution < 1.29 is 32.6 Å². The molecule has 226 valence electrons. The molecule has 0 bridgehead atoms. The number of halogens is 3. The summed E-state index contributed by atoms with van der Waals surface area (Å²) in [5, 5.41) is 15.0. The van der Waals surface area contributed by atoms with Gasteiger partial charge in [-0.05, 0) is 32.8 Å². The van der Waals surface area contributed by atoms with E-state index in [1.807, 2.05) is 0 Å². The lowest BCUT2D eigenvalue weighted by Gasteiger charge is -2.31. The van der Waals surface area contributed by atoms with Crippen molar-refractivity contribution in [3.8, 4) is 0 Å². The van der Waals surface area contributed by atoms with Crippen LogP contribution in [0.3, 0.4) is 0 Å². The number of aliphatic imine (C=N–C) groups is 1. The first-order chi connectivity index (χ1) is 20.0. The second kappa shape index (κ2) is 12.1. The van der Waals surface area contributed by atoms with Gasteiger partial charge in [0.2, 0.25) is 5.95 Å². The number of hydrogen-bond acceptors (Lipinski definition) is 10. The highest BCUT2D eigenvalue weighted by molar-refractivity contribution is 7.11. The number of pyridine rings is 1. The molecule has 5 rings (SSSR count). The zero-order valence-electron chi connectivity index (χ0n) is 23.5. The number of amidine groups is 1. The highest BCUT2D eigenvalue weighted by atomic mass is 32.1. The van der Waals surface area contributed by atoms with Crippen LogP contribution in [0.1, 0.15) is 49.0 Å². The summed E-state index contributed by atoms with van der Waals surface area (Å²) in [5.41, 5.74) is 1.28. The minimum atomic E-state index is -3.10. The summed E-state index contributed by atoms with van der Waals surface area (Å²) in [4.78, 5) is 41.3. The van der Waals surface area contributed by atoms with Crippen LogP contribution in [0.4, 0.5) is 13.2 Å². The van der Waals surface area contributed by atoms with Crippen molar-refractivity contribution in [2.75, 3.05) is 32.8 Å². The standard InChI is InChI=1S/C28H33F3N6O4S/c1-4-16(26(38)39)12-36-10-8-19-23(36)28(30,31)14-37(19)13-18-21(27(40)41-5-2)22(17-6-7-20(29)33-15(17)3)35-24(34-18)25-32-9-11-42-25/h6-7,9,11,16,19,22-23H,4-5,8,10,12-14H2,1-3H3,(H,34,35)(H,38,39). The number of rotatable bonds is 10. The fourth-order valence-corrected chi connectivity index (χ4v) is 6.76. The molecular weight excluding hydrogens is 573 g/mol. The van der Waals surface area contributed by atoms with E-state index in [0.717, 1.165) is 0 Å². The van der Waals surface area contributed by atoms with Crippen LogP contribution < -0.4 is 5.32 Å². The van der Waals surface area contributed by atoms with Gasteiger partial charge in [0.1, 0.15) is 6.04 Å². The van der Waals surface area contributed by atoms with Crippen LogP contribution in [-0.2, 0) is 14.3 Å². The van der Waals surface area contributed by atoms with E-state index in [9.17, 15) is 19.1 Å². The zero-order chi connectivity index (χ0) is 30.2. The molecule has 0 radical (unpaired) electrons. The van der Waals surface area contributed by atoms with Crippen molar-refractivity contribution in [1.82, 2.24) is 25.1 Å². The Morgan fingerprint density at radius 1 is 1.29 bits per heavy atom. The minimum Gasteiger partial charge on any atom is -0.481 e. The maximum absolute atomic E-state index is 15.6. The Labute approximate surface area is 245 Å². The van der Waals surface area contributed by atoms with E-state index in [0.29, 0.717) is 47.2 Å². The number of hydrogen-bond donors (Lipinski definition) is 2. The maximum Gasteiger partial charge on any atom is 0.338 e. The van der Waals surface area contributed by atoms with Crippen molar-refractivity contribution in [3.05, 3.63) is 57.2 Å². The van der Waals surface area contributed by atoms with E-state index in [4.69, 9.17) is 9.73 Å². The highest BCUT2D eigenvalue weighted by Crippen LogP contribution is 2.43. The van der Waals surface area contributed by atoms with Gasteiger partial charge in [-0.3, -0.25) is 19.6 Å². The smallest absolute Gasteiger partial charge is 0.338 e. The van der Waals surface area contributed by atoms with Crippen molar-refractivity contribution >= 4 is 29.1 Å². The number of aliphatic carboxylic acids is 1. The van der Waals surface area contributed by atoms with Gasteiger partial charge in [-0.25, -0.2) is 23.5 Å². The normalized spacial score (nSPS) is 24.7. The Hall–Kier alpha value is -3.36. The molecule has 0 aromatic carbocycles. The van der Waals surface area contributed by atoms with Gasteiger partial charge in [-0.1, -0.05) is 13.0 Å². The molecule has 3 aliphatic rings. The molecule has 2 aromatic heterocycles. The molecule has 2 N–H and O–H groups in total. The topological polar surface area (TPSA) is 120 Å². The Morgan fingerprint density at radius 2 is 2.07 bits per heavy atom. The predicted molar refractivity (Wildman–Crippen MR) is 149 cm³/mol. The first-order valence-corrected chi connectivity index (χ1v) is 14.8. The lowest BCUT2D eigenvalue weighted by atomic mass is 9.94. The summed E-state index contributed by atoms with van der Waals surface area (Å²) in [6, 6.07) is 0.0541. The molecule has 0 spiro atoms. The molecule has 42 heavy (non-hydrogen) atoms. The Kier molecular flexibility index (Phi) is 8.67. The Morgan fingerprint density at radius 3 is 2.71 bits per heavy atom. The molecule has 2 saturated heterocycles. The predicted octanol–water partition coefficient (Wildman–Crippen LogP) is 3.40. The number of ether oxygens (including phenoxy) is 1. The summed E-state index contributed by atoms with van der Waals surface area (Å²) < 4.78 is 50.5. The molecule has 5 heterocycles. The molecule has 14 heteroatoms. The number of likely N-dealkylation sites (tertiary alicyclic amines) is 2. The number of aryl methyl sites for hydroxylation is 1. The van der Waals surface area contributed by atoms with Crippen molar-refractivity contribution in [2.45, 2.75) is 57.7 Å². The number of thiazole rings is 1. The third kappa shape index (κ3) is 5.79. The molecule has 4 unspecified atom stereocenters. The van der Waals surface area contributed by atoms with Gasteiger partial charge in [0.05, 0.1) is 30.7 Å². The average Bonchev–Trinajstić information content (AvgIpc) is 3.66. The lowest BCUT2D eigenvalue weighted by Crippen LogP contribution is -2.47. The number of carbonyl (C=O) groups is 2. The molecule has 0 saturated carbocycles. The van der Waals surface area contributed by atoms with Crippen LogP contribution in [0.2, 0.25) is 0 Å². The van der Waals surface area contributed by atoms with E-state index in [1.54, 1.807) is 42.1 Å². The molecule has 2 fully saturated rings. The molecule has 0 aliphatic carbocycles. The number of fused-ring (bicyclic) bond motifs is 1. The lowest BCUT2D eigenvalue weighted by molar-refractivity contribution is -0.143. The Balaban J connectivity index is 1.53. The maximum atomic E-state index is 15.6. The minimum absolute atomic E-state index is 0.0382. The molecular formula is C28H33F3N6O4S. The van der Waals surface area contributed by atoms with Gasteiger partial charge >= 0.3 is 11.9 Å². The SMILES string of the molecule is CCOC(=O)C1=C(CN2CC(F)(F)C3C2CCN3CC(CC)C(=O)O)NC(c2nccs2)=NC1c1ccc(F)nc1C. The third-order valence-electron chi connectivity index (χ3n) is 8.09. The summed E-state index contributed by atoms with van der Waals surface area (Å²) in [6.07, 6.45) is 2.37. The fourth-order valence-electron chi connectivity index (χ4n) is 6.17. The Bertz CT molecular complexity index is 1400. The van der Waals surface area contributed by atoms with Crippen LogP contribution >= 0.6 is 11.3 Å². The van der Waals surface area contributed by atoms with E-state index in [2.05, 4.69) is 15.3 Å². The summed E-state index contributed by atoms with van der Waals surface area (Å²) in [7, 11) is 0. The van der Waals surface area contributed by atoms with E-state index < -0.39 is 54.4 Å². The molecule has 2 aromatic rings. The van der Waals surface area contributed by atoms with Gasteiger partial charge in [-0.15, -0.1) is 11.3 Å². The highest BCUT2D eigenvalue weighted by Gasteiger charge is 2.59. The number of carboxylic acids is 1. The molecule has 10 nitrogen and oxygen atoms in total. The number of esters is 1. The first-order valence-electron chi connectivity index (χ1n) is 13.9. The van der Waals surface area contributed by atoms with Gasteiger partial charge in [0.25, 0.3) is 5.92 Å². The molecule has 4 atom stereocenters. The first kappa shape index (κ1) is 30.1. The largest absolute Gasteiger partial charge is 0.481 e. The second-order valence-corrected chi connectivity index (χ2v) is 11.6. The summed E-state index contributed by atoms with van der Waals surface area (Å²) >= 11 is 1.32. The van der Waals surface area contributed by atoms with Crippen LogP contribution in [0.5, 0.6) is 0 Å². The number of carboxylic acid groups (broad SMARTS) is 1. The summed E-state index contributed by atoms with van der Waals surface area (Å²) in [5.74, 6) is -5.83. The van der Waals surface area contributed by atoms with E-state index in [-0.39, 0.29) is 25.3 Å². The van der Waals surface area contributed by atoms with Crippen molar-refractivity contribution in [1.29, 1.82) is 0 Å². The number of carbonyl (C=O) groups excluding carboxylic acids is 1. The van der Waals surface area contributed by atoms with Gasteiger partial charge in [0.15, 0.2) is 10.8 Å².